The van der Waals surface area contributed by atoms with E-state index in [4.69, 9.17) is 15.2 Å². The van der Waals surface area contributed by atoms with Gasteiger partial charge < -0.3 is 20.1 Å². The van der Waals surface area contributed by atoms with Gasteiger partial charge in [0.15, 0.2) is 0 Å². The van der Waals surface area contributed by atoms with E-state index in [2.05, 4.69) is 0 Å². The minimum atomic E-state index is -0.179. The number of hydrogen-bond donors (Lipinski definition) is 1. The fraction of sp³-hybridized carbons (Fsp3) is 0.500. The van der Waals surface area contributed by atoms with Crippen LogP contribution in [-0.4, -0.2) is 50.8 Å². The van der Waals surface area contributed by atoms with Crippen LogP contribution in [0.25, 0.3) is 0 Å². The third kappa shape index (κ3) is 4.89. The van der Waals surface area contributed by atoms with E-state index < -0.39 is 0 Å². The Morgan fingerprint density at radius 1 is 1.37 bits per heavy atom. The van der Waals surface area contributed by atoms with Gasteiger partial charge in [0.05, 0.1) is 13.2 Å². The summed E-state index contributed by atoms with van der Waals surface area (Å²) in [5.41, 5.74) is 6.45. The maximum atomic E-state index is 12.1. The van der Waals surface area contributed by atoms with Crippen molar-refractivity contribution in [2.75, 3.05) is 33.9 Å². The lowest BCUT2D eigenvalue weighted by atomic mass is 10.2. The average Bonchev–Trinajstić information content (AvgIpc) is 2.39. The topological polar surface area (TPSA) is 64.8 Å². The van der Waals surface area contributed by atoms with Crippen molar-refractivity contribution in [1.29, 1.82) is 0 Å². The lowest BCUT2D eigenvalue weighted by Crippen LogP contribution is -2.41. The molecule has 0 fully saturated rings. The number of ether oxygens (including phenoxy) is 2. The zero-order chi connectivity index (χ0) is 14.3. The summed E-state index contributed by atoms with van der Waals surface area (Å²) >= 11 is 0. The van der Waals surface area contributed by atoms with E-state index in [1.807, 2.05) is 6.92 Å². The van der Waals surface area contributed by atoms with Crippen molar-refractivity contribution in [1.82, 2.24) is 4.90 Å². The molecule has 0 saturated heterocycles. The van der Waals surface area contributed by atoms with E-state index >= 15 is 0 Å². The highest BCUT2D eigenvalue weighted by Crippen LogP contribution is 2.13. The van der Waals surface area contributed by atoms with E-state index in [9.17, 15) is 4.79 Å². The molecule has 106 valence electrons. The molecule has 1 atom stereocenters. The SMILES string of the molecule is CCOc1ccc(C(=O)N(C)CC(N)COC)cc1. The molecule has 1 unspecified atom stereocenters. The number of amides is 1. The Morgan fingerprint density at radius 2 is 2.00 bits per heavy atom. The van der Waals surface area contributed by atoms with Gasteiger partial charge in [-0.1, -0.05) is 0 Å². The standard InChI is InChI=1S/C14H22N2O3/c1-4-19-13-7-5-11(6-8-13)14(17)16(2)9-12(15)10-18-3/h5-8,12H,4,9-10,15H2,1-3H3. The minimum absolute atomic E-state index is 0.0606. The van der Waals surface area contributed by atoms with Gasteiger partial charge >= 0.3 is 0 Å². The van der Waals surface area contributed by atoms with Gasteiger partial charge in [-0.2, -0.15) is 0 Å². The molecular weight excluding hydrogens is 244 g/mol. The highest BCUT2D eigenvalue weighted by Gasteiger charge is 2.14. The monoisotopic (exact) mass is 266 g/mol. The van der Waals surface area contributed by atoms with Crippen LogP contribution in [0, 0.1) is 0 Å². The molecule has 0 aliphatic heterocycles. The van der Waals surface area contributed by atoms with Crippen LogP contribution in [0.1, 0.15) is 17.3 Å². The van der Waals surface area contributed by atoms with Crippen molar-refractivity contribution in [2.24, 2.45) is 5.73 Å². The second kappa shape index (κ2) is 7.76. The number of benzene rings is 1. The van der Waals surface area contributed by atoms with E-state index in [-0.39, 0.29) is 11.9 Å². The average molecular weight is 266 g/mol. The summed E-state index contributed by atoms with van der Waals surface area (Å²) in [7, 11) is 3.32. The van der Waals surface area contributed by atoms with E-state index in [0.717, 1.165) is 5.75 Å². The number of nitrogens with zero attached hydrogens (tertiary/aromatic N) is 1. The van der Waals surface area contributed by atoms with Gasteiger partial charge in [-0.25, -0.2) is 0 Å². The van der Waals surface area contributed by atoms with Crippen LogP contribution in [0.5, 0.6) is 5.75 Å². The molecule has 1 rings (SSSR count). The molecule has 0 saturated carbocycles. The first-order chi connectivity index (χ1) is 9.08. The zero-order valence-electron chi connectivity index (χ0n) is 11.8. The van der Waals surface area contributed by atoms with Crippen LogP contribution in [0.2, 0.25) is 0 Å². The van der Waals surface area contributed by atoms with Crippen LogP contribution in [0.15, 0.2) is 24.3 Å². The Balaban J connectivity index is 2.60. The molecule has 2 N–H and O–H groups in total. The smallest absolute Gasteiger partial charge is 0.253 e. The molecule has 0 aliphatic rings. The Hall–Kier alpha value is -1.59. The van der Waals surface area contributed by atoms with Gasteiger partial charge in [-0.05, 0) is 31.2 Å². The van der Waals surface area contributed by atoms with E-state index in [1.54, 1.807) is 43.3 Å². The maximum absolute atomic E-state index is 12.1. The molecule has 5 heteroatoms. The molecule has 1 aromatic rings. The highest BCUT2D eigenvalue weighted by atomic mass is 16.5. The zero-order valence-corrected chi connectivity index (χ0v) is 11.8. The fourth-order valence-electron chi connectivity index (χ4n) is 1.78. The summed E-state index contributed by atoms with van der Waals surface area (Å²) in [5.74, 6) is 0.701. The lowest BCUT2D eigenvalue weighted by molar-refractivity contribution is 0.0764. The largest absolute Gasteiger partial charge is 0.494 e. The normalized spacial score (nSPS) is 12.0. The molecule has 0 heterocycles. The molecule has 0 spiro atoms. The Kier molecular flexibility index (Phi) is 6.32. The van der Waals surface area contributed by atoms with Gasteiger partial charge in [-0.15, -0.1) is 0 Å². The van der Waals surface area contributed by atoms with Gasteiger partial charge in [0, 0.05) is 32.3 Å². The van der Waals surface area contributed by atoms with Crippen molar-refractivity contribution in [3.05, 3.63) is 29.8 Å². The first kappa shape index (κ1) is 15.5. The van der Waals surface area contributed by atoms with Gasteiger partial charge in [0.25, 0.3) is 5.91 Å². The number of hydrogen-bond acceptors (Lipinski definition) is 4. The summed E-state index contributed by atoms with van der Waals surface area (Å²) in [6.07, 6.45) is 0. The van der Waals surface area contributed by atoms with Crippen LogP contribution in [0.3, 0.4) is 0 Å². The second-order valence-electron chi connectivity index (χ2n) is 4.36. The predicted molar refractivity (Wildman–Crippen MR) is 74.4 cm³/mol. The molecule has 0 aromatic heterocycles. The molecule has 5 nitrogen and oxygen atoms in total. The second-order valence-corrected chi connectivity index (χ2v) is 4.36. The number of carbonyl (C=O) groups is 1. The highest BCUT2D eigenvalue weighted by molar-refractivity contribution is 5.94. The third-order valence-electron chi connectivity index (χ3n) is 2.65. The Morgan fingerprint density at radius 3 is 2.53 bits per heavy atom. The minimum Gasteiger partial charge on any atom is -0.494 e. The van der Waals surface area contributed by atoms with Crippen LogP contribution in [-0.2, 0) is 4.74 Å². The molecule has 0 radical (unpaired) electrons. The number of likely N-dealkylation sites (N-methyl/N-ethyl adjacent to an activating group) is 1. The van der Waals surface area contributed by atoms with Gasteiger partial charge in [-0.3, -0.25) is 4.79 Å². The first-order valence-electron chi connectivity index (χ1n) is 6.31. The maximum Gasteiger partial charge on any atom is 0.253 e. The van der Waals surface area contributed by atoms with Crippen molar-refractivity contribution >= 4 is 5.91 Å². The van der Waals surface area contributed by atoms with Crippen LogP contribution >= 0.6 is 0 Å². The molecule has 1 aromatic carbocycles. The first-order valence-corrected chi connectivity index (χ1v) is 6.31. The fourth-order valence-corrected chi connectivity index (χ4v) is 1.78. The van der Waals surface area contributed by atoms with Crippen molar-refractivity contribution in [3.8, 4) is 5.75 Å². The summed E-state index contributed by atoms with van der Waals surface area (Å²) in [6.45, 7) is 3.42. The Bertz CT molecular complexity index is 392. The lowest BCUT2D eigenvalue weighted by Gasteiger charge is -2.21. The molecule has 1 amide bonds. The predicted octanol–water partition coefficient (Wildman–Crippen LogP) is 1.13. The third-order valence-corrected chi connectivity index (χ3v) is 2.65. The van der Waals surface area contributed by atoms with Crippen molar-refractivity contribution in [3.63, 3.8) is 0 Å². The quantitative estimate of drug-likeness (QED) is 0.803. The molecular formula is C14H22N2O3. The van der Waals surface area contributed by atoms with E-state index in [0.29, 0.717) is 25.3 Å². The molecule has 0 aliphatic carbocycles. The number of methoxy groups -OCH3 is 1. The number of carbonyl (C=O) groups excluding carboxylic acids is 1. The summed E-state index contributed by atoms with van der Waals surface area (Å²) in [6, 6.07) is 6.91. The van der Waals surface area contributed by atoms with Gasteiger partial charge in [0.1, 0.15) is 5.75 Å². The summed E-state index contributed by atoms with van der Waals surface area (Å²) in [4.78, 5) is 13.7. The number of rotatable bonds is 7. The molecule has 19 heavy (non-hydrogen) atoms. The van der Waals surface area contributed by atoms with Crippen LogP contribution < -0.4 is 10.5 Å². The van der Waals surface area contributed by atoms with Crippen LogP contribution in [0.4, 0.5) is 0 Å². The van der Waals surface area contributed by atoms with E-state index in [1.165, 1.54) is 0 Å². The van der Waals surface area contributed by atoms with Crippen molar-refractivity contribution < 1.29 is 14.3 Å². The molecule has 0 bridgehead atoms. The number of nitrogens with two attached hydrogens (primary N) is 1. The summed E-state index contributed by atoms with van der Waals surface area (Å²) in [5, 5.41) is 0. The van der Waals surface area contributed by atoms with Gasteiger partial charge in [0.2, 0.25) is 0 Å². The Labute approximate surface area is 114 Å². The summed E-state index contributed by atoms with van der Waals surface area (Å²) < 4.78 is 10.3. The van der Waals surface area contributed by atoms with Crippen molar-refractivity contribution in [2.45, 2.75) is 13.0 Å².